The molecule has 1 aromatic rings. The van der Waals surface area contributed by atoms with Crippen molar-refractivity contribution >= 4 is 5.91 Å². The molecule has 0 aromatic carbocycles. The lowest BCUT2D eigenvalue weighted by molar-refractivity contribution is -0.145. The molecular weight excluding hydrogens is 301 g/mol. The highest BCUT2D eigenvalue weighted by Crippen LogP contribution is 2.35. The number of hydrogen-bond acceptors (Lipinski definition) is 5. The lowest BCUT2D eigenvalue weighted by atomic mass is 10.0. The molecule has 2 rings (SSSR count). The van der Waals surface area contributed by atoms with Crippen molar-refractivity contribution in [2.45, 2.75) is 37.6 Å². The number of rotatable bonds is 7. The summed E-state index contributed by atoms with van der Waals surface area (Å²) in [5.41, 5.74) is -0.504. The summed E-state index contributed by atoms with van der Waals surface area (Å²) in [5, 5.41) is 13.6. The SMILES string of the molecule is C#CCCC1(CCNC(=O)Cn2cnc(C(F)(F)F)n2)N=N1. The lowest BCUT2D eigenvalue weighted by Gasteiger charge is -2.09. The van der Waals surface area contributed by atoms with Crippen LogP contribution in [0.2, 0.25) is 0 Å². The molecule has 0 aliphatic carbocycles. The number of nitrogens with one attached hydrogen (secondary N) is 1. The first-order chi connectivity index (χ1) is 10.3. The third-order valence-corrected chi connectivity index (χ3v) is 3.00. The number of nitrogens with zero attached hydrogens (tertiary/aromatic N) is 5. The van der Waals surface area contributed by atoms with Crippen LogP contribution in [-0.2, 0) is 17.5 Å². The Morgan fingerprint density at radius 1 is 1.41 bits per heavy atom. The predicted octanol–water partition coefficient (Wildman–Crippen LogP) is 1.38. The van der Waals surface area contributed by atoms with E-state index in [2.05, 4.69) is 31.5 Å². The maximum absolute atomic E-state index is 12.3. The van der Waals surface area contributed by atoms with Crippen molar-refractivity contribution in [3.8, 4) is 12.3 Å². The molecule has 0 fully saturated rings. The number of halogens is 3. The first kappa shape index (κ1) is 15.9. The molecule has 0 spiro atoms. The van der Waals surface area contributed by atoms with Crippen LogP contribution in [0, 0.1) is 12.3 Å². The lowest BCUT2D eigenvalue weighted by Crippen LogP contribution is -2.31. The number of aromatic nitrogens is 3. The van der Waals surface area contributed by atoms with E-state index in [0.717, 1.165) is 11.0 Å². The number of terminal acetylenes is 1. The van der Waals surface area contributed by atoms with Crippen LogP contribution in [0.4, 0.5) is 13.2 Å². The van der Waals surface area contributed by atoms with Crippen LogP contribution in [0.1, 0.15) is 25.1 Å². The van der Waals surface area contributed by atoms with Crippen molar-refractivity contribution in [2.24, 2.45) is 10.2 Å². The van der Waals surface area contributed by atoms with Gasteiger partial charge in [-0.3, -0.25) is 4.79 Å². The van der Waals surface area contributed by atoms with E-state index < -0.39 is 23.6 Å². The summed E-state index contributed by atoms with van der Waals surface area (Å²) in [6.07, 6.45) is 3.07. The van der Waals surface area contributed by atoms with Crippen molar-refractivity contribution in [1.29, 1.82) is 0 Å². The molecule has 1 aromatic heterocycles. The van der Waals surface area contributed by atoms with Crippen molar-refractivity contribution < 1.29 is 18.0 Å². The second kappa shape index (κ2) is 6.13. The number of carbonyl (C=O) groups excluding carboxylic acids is 1. The molecule has 0 atom stereocenters. The summed E-state index contributed by atoms with van der Waals surface area (Å²) in [4.78, 5) is 14.7. The molecule has 10 heteroatoms. The van der Waals surface area contributed by atoms with E-state index in [-0.39, 0.29) is 6.54 Å². The third-order valence-electron chi connectivity index (χ3n) is 3.00. The molecule has 0 unspecified atom stereocenters. The molecule has 0 bridgehead atoms. The van der Waals surface area contributed by atoms with Crippen LogP contribution in [0.3, 0.4) is 0 Å². The van der Waals surface area contributed by atoms with Gasteiger partial charge in [-0.25, -0.2) is 9.67 Å². The molecule has 22 heavy (non-hydrogen) atoms. The molecule has 1 aliphatic rings. The van der Waals surface area contributed by atoms with Gasteiger partial charge in [0.2, 0.25) is 5.91 Å². The van der Waals surface area contributed by atoms with Crippen molar-refractivity contribution in [3.05, 3.63) is 12.2 Å². The zero-order valence-corrected chi connectivity index (χ0v) is 11.5. The Labute approximate surface area is 124 Å². The van der Waals surface area contributed by atoms with Gasteiger partial charge < -0.3 is 5.32 Å². The normalized spacial score (nSPS) is 15.4. The minimum absolute atomic E-state index is 0.303. The third kappa shape index (κ3) is 4.28. The molecule has 1 N–H and O–H groups in total. The van der Waals surface area contributed by atoms with Crippen molar-refractivity contribution in [2.75, 3.05) is 6.54 Å². The van der Waals surface area contributed by atoms with Gasteiger partial charge in [0.1, 0.15) is 12.9 Å². The standard InChI is InChI=1S/C12H13F3N6O/c1-2-3-4-11(19-20-11)5-6-16-9(22)7-21-8-17-10(18-21)12(13,14)15/h1,8H,3-7H2,(H,16,22). The van der Waals surface area contributed by atoms with E-state index in [0.29, 0.717) is 25.8 Å². The molecule has 118 valence electrons. The Morgan fingerprint density at radius 3 is 2.68 bits per heavy atom. The second-order valence-electron chi connectivity index (χ2n) is 4.75. The highest BCUT2D eigenvalue weighted by atomic mass is 19.4. The quantitative estimate of drug-likeness (QED) is 0.772. The summed E-state index contributed by atoms with van der Waals surface area (Å²) in [6, 6.07) is 0. The van der Waals surface area contributed by atoms with E-state index in [1.807, 2.05) is 0 Å². The van der Waals surface area contributed by atoms with E-state index in [4.69, 9.17) is 6.42 Å². The molecule has 2 heterocycles. The van der Waals surface area contributed by atoms with Crippen molar-refractivity contribution in [1.82, 2.24) is 20.1 Å². The highest BCUT2D eigenvalue weighted by molar-refractivity contribution is 5.75. The summed E-state index contributed by atoms with van der Waals surface area (Å²) in [5.74, 6) is 0.752. The summed E-state index contributed by atoms with van der Waals surface area (Å²) < 4.78 is 37.8. The molecule has 1 aliphatic heterocycles. The fourth-order valence-electron chi connectivity index (χ4n) is 1.77. The van der Waals surface area contributed by atoms with E-state index in [1.165, 1.54) is 0 Å². The summed E-state index contributed by atoms with van der Waals surface area (Å²) in [7, 11) is 0. The van der Waals surface area contributed by atoms with Gasteiger partial charge in [-0.15, -0.1) is 17.4 Å². The maximum Gasteiger partial charge on any atom is 0.453 e. The van der Waals surface area contributed by atoms with Crippen LogP contribution in [0.25, 0.3) is 0 Å². The van der Waals surface area contributed by atoms with Crippen LogP contribution in [0.5, 0.6) is 0 Å². The fourth-order valence-corrected chi connectivity index (χ4v) is 1.77. The average Bonchev–Trinajstić information content (AvgIpc) is 3.03. The van der Waals surface area contributed by atoms with Gasteiger partial charge in [-0.1, -0.05) is 0 Å². The van der Waals surface area contributed by atoms with Crippen molar-refractivity contribution in [3.63, 3.8) is 0 Å². The Bertz CT molecular complexity index is 609. The van der Waals surface area contributed by atoms with Gasteiger partial charge in [0.25, 0.3) is 5.82 Å². The van der Waals surface area contributed by atoms with Crippen LogP contribution in [-0.4, -0.2) is 32.9 Å². The minimum Gasteiger partial charge on any atom is -0.354 e. The fraction of sp³-hybridized carbons (Fsp3) is 0.583. The number of amides is 1. The van der Waals surface area contributed by atoms with Gasteiger partial charge in [-0.2, -0.15) is 23.4 Å². The Kier molecular flexibility index (Phi) is 4.44. The molecule has 0 radical (unpaired) electrons. The first-order valence-corrected chi connectivity index (χ1v) is 6.45. The Hall–Kier alpha value is -2.44. The zero-order valence-electron chi connectivity index (χ0n) is 11.5. The summed E-state index contributed by atoms with van der Waals surface area (Å²) >= 11 is 0. The highest BCUT2D eigenvalue weighted by Gasteiger charge is 2.38. The van der Waals surface area contributed by atoms with Crippen LogP contribution < -0.4 is 5.32 Å². The predicted molar refractivity (Wildman–Crippen MR) is 68.3 cm³/mol. The van der Waals surface area contributed by atoms with Gasteiger partial charge in [0, 0.05) is 25.8 Å². The molecule has 7 nitrogen and oxygen atoms in total. The van der Waals surface area contributed by atoms with E-state index in [1.54, 1.807) is 0 Å². The second-order valence-corrected chi connectivity index (χ2v) is 4.75. The first-order valence-electron chi connectivity index (χ1n) is 6.45. The van der Waals surface area contributed by atoms with Gasteiger partial charge >= 0.3 is 6.18 Å². The smallest absolute Gasteiger partial charge is 0.354 e. The van der Waals surface area contributed by atoms with Gasteiger partial charge in [0.15, 0.2) is 5.66 Å². The Balaban J connectivity index is 1.72. The molecule has 0 saturated carbocycles. The molecular formula is C12H13F3N6O. The molecule has 1 amide bonds. The topological polar surface area (TPSA) is 84.5 Å². The van der Waals surface area contributed by atoms with Crippen LogP contribution >= 0.6 is 0 Å². The minimum atomic E-state index is -4.62. The zero-order chi connectivity index (χ0) is 16.2. The average molecular weight is 314 g/mol. The van der Waals surface area contributed by atoms with E-state index >= 15 is 0 Å². The largest absolute Gasteiger partial charge is 0.453 e. The number of alkyl halides is 3. The Morgan fingerprint density at radius 2 is 2.14 bits per heavy atom. The maximum atomic E-state index is 12.3. The van der Waals surface area contributed by atoms with Gasteiger partial charge in [0.05, 0.1) is 0 Å². The number of hydrogen-bond donors (Lipinski definition) is 1. The van der Waals surface area contributed by atoms with Gasteiger partial charge in [-0.05, 0) is 0 Å². The monoisotopic (exact) mass is 314 g/mol. The van der Waals surface area contributed by atoms with Crippen LogP contribution in [0.15, 0.2) is 16.6 Å². The summed E-state index contributed by atoms with van der Waals surface area (Å²) in [6.45, 7) is -0.0358. The molecule has 0 saturated heterocycles. The van der Waals surface area contributed by atoms with E-state index in [9.17, 15) is 18.0 Å². The number of carbonyl (C=O) groups is 1.